The zero-order chi connectivity index (χ0) is 21.0. The molecule has 4 nitrogen and oxygen atoms in total. The molecule has 1 unspecified atom stereocenters. The molecule has 0 amide bonds. The highest BCUT2D eigenvalue weighted by Gasteiger charge is 2.27. The monoisotopic (exact) mass is 495 g/mol. The Morgan fingerprint density at radius 3 is 2.43 bits per heavy atom. The van der Waals surface area contributed by atoms with Crippen LogP contribution in [0.3, 0.4) is 0 Å². The van der Waals surface area contributed by atoms with E-state index in [1.54, 1.807) is 13.3 Å². The van der Waals surface area contributed by atoms with Gasteiger partial charge in [0.2, 0.25) is 0 Å². The van der Waals surface area contributed by atoms with E-state index in [1.807, 2.05) is 12.1 Å². The molecule has 1 aromatic carbocycles. The van der Waals surface area contributed by atoms with Crippen molar-refractivity contribution in [3.05, 3.63) is 23.8 Å². The van der Waals surface area contributed by atoms with Crippen LogP contribution >= 0.6 is 22.6 Å². The molecule has 1 radical (unpaired) electrons. The molecular formula is C22H33BIN2O2. The number of nitrogens with two attached hydrogens (primary N) is 1. The van der Waals surface area contributed by atoms with Gasteiger partial charge in [0.15, 0.2) is 5.75 Å². The first kappa shape index (κ1) is 24.8. The fraction of sp³-hybridized carbons (Fsp3) is 0.636. The molecule has 2 N–H and O–H groups in total. The third-order valence-electron chi connectivity index (χ3n) is 5.06. The number of esters is 1. The van der Waals surface area contributed by atoms with Crippen LogP contribution in [0.4, 0.5) is 5.69 Å². The summed E-state index contributed by atoms with van der Waals surface area (Å²) in [5, 5.41) is 9.24. The molecule has 6 heteroatoms. The summed E-state index contributed by atoms with van der Waals surface area (Å²) >= 11 is 2.67. The number of benzene rings is 1. The first-order chi connectivity index (χ1) is 13.3. The standard InChI is InChI=1S/C22H33BIN2O2/c1-4-6-11-22(24,12-7-5-2)13-10-19(23-16-25)14-18-8-9-21(20(26)15-18)28-17(3)27/h8-9,15,19H,4-7,10-14,26H2,1-3H3. The van der Waals surface area contributed by atoms with Crippen molar-refractivity contribution in [2.45, 2.75) is 87.8 Å². The lowest BCUT2D eigenvalue weighted by Gasteiger charge is -2.29. The van der Waals surface area contributed by atoms with Crippen LogP contribution in [0.25, 0.3) is 0 Å². The minimum absolute atomic E-state index is 0.196. The molecule has 153 valence electrons. The molecule has 0 bridgehead atoms. The average molecular weight is 495 g/mol. The number of rotatable bonds is 13. The third kappa shape index (κ3) is 9.31. The van der Waals surface area contributed by atoms with Crippen LogP contribution in [0.5, 0.6) is 5.75 Å². The third-order valence-corrected chi connectivity index (χ3v) is 6.67. The summed E-state index contributed by atoms with van der Waals surface area (Å²) in [6.07, 6.45) is 10.3. The predicted octanol–water partition coefficient (Wildman–Crippen LogP) is 6.04. The maximum absolute atomic E-state index is 11.1. The van der Waals surface area contributed by atoms with Gasteiger partial charge in [0, 0.05) is 10.3 Å². The van der Waals surface area contributed by atoms with Crippen LogP contribution in [0, 0.1) is 11.2 Å². The molecule has 0 fully saturated rings. The van der Waals surface area contributed by atoms with Gasteiger partial charge in [-0.2, -0.15) is 0 Å². The van der Waals surface area contributed by atoms with E-state index in [-0.39, 0.29) is 11.8 Å². The molecule has 0 heterocycles. The van der Waals surface area contributed by atoms with E-state index in [2.05, 4.69) is 42.4 Å². The second-order valence-corrected chi connectivity index (χ2v) is 9.91. The zero-order valence-corrected chi connectivity index (χ0v) is 19.6. The molecule has 0 aliphatic carbocycles. The van der Waals surface area contributed by atoms with Gasteiger partial charge in [0.1, 0.15) is 0 Å². The van der Waals surface area contributed by atoms with Crippen LogP contribution in [0.15, 0.2) is 18.2 Å². The molecule has 0 saturated heterocycles. The topological polar surface area (TPSA) is 76.1 Å². The van der Waals surface area contributed by atoms with Crippen molar-refractivity contribution in [1.82, 2.24) is 0 Å². The number of alkyl halides is 1. The van der Waals surface area contributed by atoms with Gasteiger partial charge in [-0.05, 0) is 55.2 Å². The van der Waals surface area contributed by atoms with Gasteiger partial charge >= 0.3 is 5.97 Å². The van der Waals surface area contributed by atoms with Crippen molar-refractivity contribution in [2.24, 2.45) is 0 Å². The number of unbranched alkanes of at least 4 members (excludes halogenated alkanes) is 2. The molecule has 1 aromatic rings. The number of carbonyl (C=O) groups is 1. The maximum atomic E-state index is 11.1. The Balaban J connectivity index is 2.77. The average Bonchev–Trinajstić information content (AvgIpc) is 2.65. The molecule has 28 heavy (non-hydrogen) atoms. The number of anilines is 1. The fourth-order valence-corrected chi connectivity index (χ4v) is 4.51. The van der Waals surface area contributed by atoms with E-state index < -0.39 is 0 Å². The largest absolute Gasteiger partial charge is 0.425 e. The number of nitrogen functional groups attached to an aromatic ring is 1. The highest BCUT2D eigenvalue weighted by molar-refractivity contribution is 14.1. The van der Waals surface area contributed by atoms with Crippen molar-refractivity contribution in [1.29, 1.82) is 5.26 Å². The smallest absolute Gasteiger partial charge is 0.308 e. The van der Waals surface area contributed by atoms with Crippen LogP contribution in [-0.2, 0) is 11.2 Å². The molecule has 0 aliphatic rings. The number of halogens is 1. The summed E-state index contributed by atoms with van der Waals surface area (Å²) in [5.41, 5.74) is 7.54. The summed E-state index contributed by atoms with van der Waals surface area (Å²) in [7, 11) is 1.76. The Kier molecular flexibility index (Phi) is 11.6. The van der Waals surface area contributed by atoms with Crippen LogP contribution in [0.1, 0.15) is 77.7 Å². The molecule has 0 spiro atoms. The Labute approximate surface area is 185 Å². The molecule has 1 atom stereocenters. The van der Waals surface area contributed by atoms with E-state index in [4.69, 9.17) is 10.5 Å². The van der Waals surface area contributed by atoms with E-state index in [0.717, 1.165) is 24.8 Å². The molecule has 0 aliphatic heterocycles. The number of nitrogens with zero attached hydrogens (tertiary/aromatic N) is 1. The number of hydrogen-bond acceptors (Lipinski definition) is 4. The van der Waals surface area contributed by atoms with Crippen molar-refractivity contribution in [3.63, 3.8) is 0 Å². The lowest BCUT2D eigenvalue weighted by atomic mass is 9.61. The Bertz CT molecular complexity index is 652. The van der Waals surface area contributed by atoms with Gasteiger partial charge in [-0.3, -0.25) is 4.79 Å². The number of hydrogen-bond donors (Lipinski definition) is 1. The minimum atomic E-state index is -0.382. The van der Waals surface area contributed by atoms with Crippen LogP contribution in [0.2, 0.25) is 5.82 Å². The van der Waals surface area contributed by atoms with E-state index in [0.29, 0.717) is 14.9 Å². The van der Waals surface area contributed by atoms with Gasteiger partial charge in [0.05, 0.1) is 5.69 Å². The Morgan fingerprint density at radius 1 is 1.29 bits per heavy atom. The van der Waals surface area contributed by atoms with Gasteiger partial charge in [-0.1, -0.05) is 74.6 Å². The first-order valence-corrected chi connectivity index (χ1v) is 11.4. The van der Waals surface area contributed by atoms with Gasteiger partial charge < -0.3 is 10.5 Å². The lowest BCUT2D eigenvalue weighted by Crippen LogP contribution is -2.22. The molecule has 0 aromatic heterocycles. The first-order valence-electron chi connectivity index (χ1n) is 10.3. The van der Waals surface area contributed by atoms with E-state index >= 15 is 0 Å². The van der Waals surface area contributed by atoms with Crippen LogP contribution in [-0.4, -0.2) is 16.7 Å². The molecular weight excluding hydrogens is 462 g/mol. The van der Waals surface area contributed by atoms with Crippen molar-refractivity contribution in [2.75, 3.05) is 5.73 Å². The maximum Gasteiger partial charge on any atom is 0.308 e. The predicted molar refractivity (Wildman–Crippen MR) is 126 cm³/mol. The van der Waals surface area contributed by atoms with Crippen molar-refractivity contribution < 1.29 is 9.53 Å². The molecule has 0 saturated carbocycles. The summed E-state index contributed by atoms with van der Waals surface area (Å²) in [5.74, 6) is 2.44. The van der Waals surface area contributed by atoms with E-state index in [1.165, 1.54) is 45.4 Å². The Hall–Kier alpha value is -1.23. The van der Waals surface area contributed by atoms with Gasteiger partial charge in [-0.15, -0.1) is 0 Å². The number of nitriles is 1. The number of ether oxygens (including phenoxy) is 1. The lowest BCUT2D eigenvalue weighted by molar-refractivity contribution is -0.131. The Morgan fingerprint density at radius 2 is 1.93 bits per heavy atom. The normalized spacial score (nSPS) is 12.2. The summed E-state index contributed by atoms with van der Waals surface area (Å²) in [6, 6.07) is 5.51. The SMILES string of the molecule is CCCCC(I)(CCCC)CCC([B]C#N)Cc1ccc(OC(C)=O)c(N)c1. The second kappa shape index (κ2) is 13.1. The quantitative estimate of drug-likeness (QED) is 0.0904. The minimum Gasteiger partial charge on any atom is -0.425 e. The van der Waals surface area contributed by atoms with Crippen LogP contribution < -0.4 is 10.5 Å². The fourth-order valence-electron chi connectivity index (χ4n) is 3.43. The zero-order valence-electron chi connectivity index (χ0n) is 17.5. The molecule has 1 rings (SSSR count). The highest BCUT2D eigenvalue weighted by Crippen LogP contribution is 2.38. The van der Waals surface area contributed by atoms with Gasteiger partial charge in [0.25, 0.3) is 7.28 Å². The van der Waals surface area contributed by atoms with Gasteiger partial charge in [-0.25, -0.2) is 5.26 Å². The summed E-state index contributed by atoms with van der Waals surface area (Å²) in [6.45, 7) is 5.85. The van der Waals surface area contributed by atoms with Crippen molar-refractivity contribution in [3.8, 4) is 11.7 Å². The number of carbonyl (C=O) groups excluding carboxylic acids is 1. The second-order valence-electron chi connectivity index (χ2n) is 7.62. The van der Waals surface area contributed by atoms with Crippen molar-refractivity contribution >= 4 is 41.5 Å². The summed E-state index contributed by atoms with van der Waals surface area (Å²) < 4.78 is 5.42. The van der Waals surface area contributed by atoms with E-state index in [9.17, 15) is 10.1 Å². The summed E-state index contributed by atoms with van der Waals surface area (Å²) in [4.78, 5) is 11.1. The highest BCUT2D eigenvalue weighted by atomic mass is 127.